The first-order chi connectivity index (χ1) is 14.8. The van der Waals surface area contributed by atoms with Crippen LogP contribution in [0.2, 0.25) is 15.5 Å². The Morgan fingerprint density at radius 1 is 1.13 bits per heavy atom. The molecule has 1 fully saturated rings. The van der Waals surface area contributed by atoms with Crippen molar-refractivity contribution in [2.24, 2.45) is 0 Å². The van der Waals surface area contributed by atoms with Crippen LogP contribution in [0.15, 0.2) is 24.3 Å². The van der Waals surface area contributed by atoms with Gasteiger partial charge in [0.2, 0.25) is 5.28 Å². The molecule has 1 aliphatic heterocycles. The van der Waals surface area contributed by atoms with Gasteiger partial charge in [-0.25, -0.2) is 14.8 Å². The Morgan fingerprint density at radius 2 is 1.87 bits per heavy atom. The van der Waals surface area contributed by atoms with Gasteiger partial charge in [-0.15, -0.1) is 10.2 Å². The van der Waals surface area contributed by atoms with E-state index in [9.17, 15) is 4.79 Å². The van der Waals surface area contributed by atoms with E-state index in [2.05, 4.69) is 25.5 Å². The van der Waals surface area contributed by atoms with E-state index in [4.69, 9.17) is 34.8 Å². The predicted molar refractivity (Wildman–Crippen MR) is 120 cm³/mol. The van der Waals surface area contributed by atoms with Crippen molar-refractivity contribution in [2.75, 3.05) is 11.9 Å². The minimum atomic E-state index is -0.294. The predicted octanol–water partition coefficient (Wildman–Crippen LogP) is 5.06. The van der Waals surface area contributed by atoms with E-state index < -0.39 is 0 Å². The maximum atomic E-state index is 13.1. The second-order valence-corrected chi connectivity index (χ2v) is 8.48. The molecule has 1 saturated heterocycles. The average Bonchev–Trinajstić information content (AvgIpc) is 3.33. The van der Waals surface area contributed by atoms with E-state index in [1.165, 1.54) is 0 Å². The maximum absolute atomic E-state index is 13.1. The standard InChI is InChI=1S/C20H20Cl3N7O/c1-11-16(17(22)26-19(23)24-11)25-20(31)29-9-3-4-15(29)18-28-27-12(2)30(18)10-13-5-7-14(21)8-6-13/h5-8,15H,3-4,9-10H2,1-2H3,(H,25,31)/t15-/m1/s1. The van der Waals surface area contributed by atoms with Gasteiger partial charge in [0, 0.05) is 11.6 Å². The summed E-state index contributed by atoms with van der Waals surface area (Å²) in [5.41, 5.74) is 1.92. The molecular formula is C20H20Cl3N7O. The van der Waals surface area contributed by atoms with Gasteiger partial charge < -0.3 is 14.8 Å². The van der Waals surface area contributed by atoms with Crippen molar-refractivity contribution in [3.05, 3.63) is 62.6 Å². The van der Waals surface area contributed by atoms with Crippen LogP contribution in [-0.2, 0) is 6.54 Å². The molecule has 1 atom stereocenters. The number of aryl methyl sites for hydroxylation is 2. The number of nitrogens with one attached hydrogen (secondary N) is 1. The van der Waals surface area contributed by atoms with Crippen LogP contribution in [0.3, 0.4) is 0 Å². The second-order valence-electron chi connectivity index (χ2n) is 7.34. The van der Waals surface area contributed by atoms with Crippen molar-refractivity contribution < 1.29 is 4.79 Å². The molecule has 8 nitrogen and oxygen atoms in total. The quantitative estimate of drug-likeness (QED) is 0.416. The van der Waals surface area contributed by atoms with Gasteiger partial charge in [-0.3, -0.25) is 0 Å². The lowest BCUT2D eigenvalue weighted by atomic mass is 10.2. The van der Waals surface area contributed by atoms with Crippen LogP contribution in [-0.4, -0.2) is 42.2 Å². The third-order valence-electron chi connectivity index (χ3n) is 5.28. The first-order valence-electron chi connectivity index (χ1n) is 9.75. The molecule has 1 N–H and O–H groups in total. The molecule has 2 amide bonds. The van der Waals surface area contributed by atoms with Crippen LogP contribution in [0.5, 0.6) is 0 Å². The molecule has 11 heteroatoms. The molecule has 0 saturated carbocycles. The van der Waals surface area contributed by atoms with Crippen molar-refractivity contribution in [2.45, 2.75) is 39.3 Å². The minimum absolute atomic E-state index is 0.0327. The Labute approximate surface area is 194 Å². The van der Waals surface area contributed by atoms with Crippen LogP contribution >= 0.6 is 34.8 Å². The normalized spacial score (nSPS) is 16.0. The highest BCUT2D eigenvalue weighted by Gasteiger charge is 2.34. The van der Waals surface area contributed by atoms with Crippen LogP contribution in [0, 0.1) is 13.8 Å². The van der Waals surface area contributed by atoms with Crippen LogP contribution in [0.25, 0.3) is 0 Å². The molecule has 0 radical (unpaired) electrons. The summed E-state index contributed by atoms with van der Waals surface area (Å²) in [4.78, 5) is 22.8. The number of rotatable bonds is 4. The number of benzene rings is 1. The third kappa shape index (κ3) is 4.61. The molecule has 0 aliphatic carbocycles. The third-order valence-corrected chi connectivity index (χ3v) is 5.97. The van der Waals surface area contributed by atoms with E-state index in [-0.39, 0.29) is 22.5 Å². The highest BCUT2D eigenvalue weighted by Crippen LogP contribution is 2.33. The Hall–Kier alpha value is -2.42. The SMILES string of the molecule is Cc1nc(Cl)nc(Cl)c1NC(=O)N1CCC[C@@H]1c1nnc(C)n1Cc1ccc(Cl)cc1. The Balaban J connectivity index is 1.58. The van der Waals surface area contributed by atoms with Crippen molar-refractivity contribution in [1.82, 2.24) is 29.6 Å². The summed E-state index contributed by atoms with van der Waals surface area (Å²) in [6, 6.07) is 7.14. The van der Waals surface area contributed by atoms with Gasteiger partial charge in [0.15, 0.2) is 11.0 Å². The number of carbonyl (C=O) groups excluding carboxylic acids is 1. The Bertz CT molecular complexity index is 1090. The number of urea groups is 1. The number of hydrogen-bond donors (Lipinski definition) is 1. The summed E-state index contributed by atoms with van der Waals surface area (Å²) in [5, 5.41) is 12.3. The van der Waals surface area contributed by atoms with Gasteiger partial charge in [-0.2, -0.15) is 0 Å². The Morgan fingerprint density at radius 3 is 2.58 bits per heavy atom. The number of halogens is 3. The monoisotopic (exact) mass is 479 g/mol. The summed E-state index contributed by atoms with van der Waals surface area (Å²) in [5.74, 6) is 1.53. The van der Waals surface area contributed by atoms with E-state index in [0.29, 0.717) is 29.5 Å². The summed E-state index contributed by atoms with van der Waals surface area (Å²) in [6.45, 7) is 4.80. The number of hydrogen-bond acceptors (Lipinski definition) is 5. The van der Waals surface area contributed by atoms with Crippen molar-refractivity contribution in [3.8, 4) is 0 Å². The van der Waals surface area contributed by atoms with Gasteiger partial charge in [0.1, 0.15) is 11.5 Å². The highest BCUT2D eigenvalue weighted by molar-refractivity contribution is 6.34. The number of aromatic nitrogens is 5. The summed E-state index contributed by atoms with van der Waals surface area (Å²) >= 11 is 18.0. The zero-order valence-corrected chi connectivity index (χ0v) is 19.2. The van der Waals surface area contributed by atoms with Crippen LogP contribution in [0.1, 0.15) is 41.8 Å². The fraction of sp³-hybridized carbons (Fsp3) is 0.350. The molecule has 3 heterocycles. The molecule has 2 aromatic heterocycles. The van der Waals surface area contributed by atoms with Crippen molar-refractivity contribution in [3.63, 3.8) is 0 Å². The first-order valence-corrected chi connectivity index (χ1v) is 10.9. The molecular weight excluding hydrogens is 461 g/mol. The smallest absolute Gasteiger partial charge is 0.314 e. The zero-order valence-electron chi connectivity index (χ0n) is 16.9. The summed E-state index contributed by atoms with van der Waals surface area (Å²) in [7, 11) is 0. The molecule has 1 aliphatic rings. The fourth-order valence-corrected chi connectivity index (χ4v) is 4.36. The lowest BCUT2D eigenvalue weighted by Crippen LogP contribution is -2.36. The number of nitrogens with zero attached hydrogens (tertiary/aromatic N) is 6. The first kappa shape index (κ1) is 21.8. The molecule has 162 valence electrons. The molecule has 3 aromatic rings. The van der Waals surface area contributed by atoms with E-state index in [0.717, 1.165) is 30.1 Å². The van der Waals surface area contributed by atoms with Crippen LogP contribution < -0.4 is 5.32 Å². The molecule has 0 spiro atoms. The summed E-state index contributed by atoms with van der Waals surface area (Å²) in [6.07, 6.45) is 1.64. The number of anilines is 1. The van der Waals surface area contributed by atoms with E-state index >= 15 is 0 Å². The van der Waals surface area contributed by atoms with Gasteiger partial charge >= 0.3 is 6.03 Å². The number of carbonyl (C=O) groups is 1. The molecule has 4 rings (SSSR count). The maximum Gasteiger partial charge on any atom is 0.322 e. The van der Waals surface area contributed by atoms with E-state index in [1.54, 1.807) is 11.8 Å². The van der Waals surface area contributed by atoms with Gasteiger partial charge in [0.25, 0.3) is 0 Å². The molecule has 0 unspecified atom stereocenters. The zero-order chi connectivity index (χ0) is 22.1. The van der Waals surface area contributed by atoms with Gasteiger partial charge in [-0.1, -0.05) is 35.3 Å². The van der Waals surface area contributed by atoms with Gasteiger partial charge in [-0.05, 0) is 56.0 Å². The topological polar surface area (TPSA) is 88.8 Å². The largest absolute Gasteiger partial charge is 0.322 e. The summed E-state index contributed by atoms with van der Waals surface area (Å²) < 4.78 is 2.03. The average molecular weight is 481 g/mol. The molecule has 0 bridgehead atoms. The Kier molecular flexibility index (Phi) is 6.31. The molecule has 31 heavy (non-hydrogen) atoms. The van der Waals surface area contributed by atoms with Gasteiger partial charge in [0.05, 0.1) is 18.3 Å². The second kappa shape index (κ2) is 8.98. The minimum Gasteiger partial charge on any atom is -0.314 e. The lowest BCUT2D eigenvalue weighted by molar-refractivity contribution is 0.203. The molecule has 1 aromatic carbocycles. The van der Waals surface area contributed by atoms with E-state index in [1.807, 2.05) is 35.8 Å². The van der Waals surface area contributed by atoms with Crippen LogP contribution in [0.4, 0.5) is 10.5 Å². The van der Waals surface area contributed by atoms with Crippen molar-refractivity contribution in [1.29, 1.82) is 0 Å². The number of amides is 2. The fourth-order valence-electron chi connectivity index (χ4n) is 3.72. The van der Waals surface area contributed by atoms with Crippen molar-refractivity contribution >= 4 is 46.5 Å². The number of likely N-dealkylation sites (tertiary alicyclic amines) is 1. The lowest BCUT2D eigenvalue weighted by Gasteiger charge is -2.25. The highest BCUT2D eigenvalue weighted by atomic mass is 35.5.